The molecule has 0 aliphatic rings. The maximum Gasteiger partial charge on any atom is 0.136 e. The Bertz CT molecular complexity index is 781. The molecule has 3 heteroatoms. The Kier molecular flexibility index (Phi) is 3.59. The predicted molar refractivity (Wildman–Crippen MR) is 81.1 cm³/mol. The lowest BCUT2D eigenvalue weighted by molar-refractivity contribution is 0.190. The van der Waals surface area contributed by atoms with E-state index in [1.54, 1.807) is 12.1 Å². The highest BCUT2D eigenvalue weighted by atomic mass is 19.1. The summed E-state index contributed by atoms with van der Waals surface area (Å²) < 4.78 is 19.6. The van der Waals surface area contributed by atoms with Crippen molar-refractivity contribution in [3.63, 3.8) is 0 Å². The lowest BCUT2D eigenvalue weighted by atomic mass is 10.1. The van der Waals surface area contributed by atoms with Crippen molar-refractivity contribution in [2.24, 2.45) is 0 Å². The van der Waals surface area contributed by atoms with Gasteiger partial charge < -0.3 is 9.84 Å². The molecule has 0 saturated carbocycles. The zero-order valence-corrected chi connectivity index (χ0v) is 11.6. The van der Waals surface area contributed by atoms with Crippen LogP contribution >= 0.6 is 0 Å². The largest absolute Gasteiger partial charge is 0.457 e. The first kappa shape index (κ1) is 13.6. The van der Waals surface area contributed by atoms with Crippen molar-refractivity contribution in [1.29, 1.82) is 0 Å². The first-order valence-electron chi connectivity index (χ1n) is 6.78. The van der Waals surface area contributed by atoms with Crippen molar-refractivity contribution in [3.05, 3.63) is 72.0 Å². The van der Waals surface area contributed by atoms with Crippen LogP contribution in [0, 0.1) is 5.82 Å². The minimum Gasteiger partial charge on any atom is -0.457 e. The minimum atomic E-state index is -0.929. The fraction of sp³-hybridized carbons (Fsp3) is 0.111. The third kappa shape index (κ3) is 2.73. The minimum absolute atomic E-state index is 0.172. The number of hydrogen-bond donors (Lipinski definition) is 1. The molecule has 0 heterocycles. The molecule has 0 bridgehead atoms. The third-order valence-electron chi connectivity index (χ3n) is 3.38. The van der Waals surface area contributed by atoms with Gasteiger partial charge >= 0.3 is 0 Å². The van der Waals surface area contributed by atoms with Gasteiger partial charge in [0.05, 0.1) is 11.7 Å². The van der Waals surface area contributed by atoms with Crippen molar-refractivity contribution in [3.8, 4) is 11.5 Å². The van der Waals surface area contributed by atoms with Crippen LogP contribution < -0.4 is 4.74 Å². The van der Waals surface area contributed by atoms with E-state index in [1.807, 2.05) is 42.5 Å². The van der Waals surface area contributed by atoms with Gasteiger partial charge in [-0.05, 0) is 42.0 Å². The molecule has 0 aliphatic carbocycles. The van der Waals surface area contributed by atoms with Gasteiger partial charge in [0.25, 0.3) is 0 Å². The second-order valence-corrected chi connectivity index (χ2v) is 4.94. The van der Waals surface area contributed by atoms with Gasteiger partial charge in [0.15, 0.2) is 0 Å². The Morgan fingerprint density at radius 2 is 1.71 bits per heavy atom. The van der Waals surface area contributed by atoms with Gasteiger partial charge in [0, 0.05) is 0 Å². The van der Waals surface area contributed by atoms with Crippen LogP contribution in [0.25, 0.3) is 10.8 Å². The lowest BCUT2D eigenvalue weighted by Gasteiger charge is -2.14. The molecule has 0 saturated heterocycles. The summed E-state index contributed by atoms with van der Waals surface area (Å²) in [6, 6.07) is 18.1. The average molecular weight is 282 g/mol. The molecule has 0 fully saturated rings. The van der Waals surface area contributed by atoms with E-state index in [0.717, 1.165) is 10.8 Å². The Labute approximate surface area is 122 Å². The Morgan fingerprint density at radius 3 is 2.48 bits per heavy atom. The highest BCUT2D eigenvalue weighted by Gasteiger charge is 2.15. The van der Waals surface area contributed by atoms with E-state index < -0.39 is 11.9 Å². The van der Waals surface area contributed by atoms with Gasteiger partial charge in [-0.3, -0.25) is 0 Å². The van der Waals surface area contributed by atoms with Gasteiger partial charge in [0.1, 0.15) is 17.3 Å². The van der Waals surface area contributed by atoms with E-state index in [-0.39, 0.29) is 5.56 Å². The zero-order valence-electron chi connectivity index (χ0n) is 11.6. The smallest absolute Gasteiger partial charge is 0.136 e. The SMILES string of the molecule is C[C@H](O)c1c(F)cccc1Oc1ccc2ccccc2c1. The zero-order chi connectivity index (χ0) is 14.8. The number of benzene rings is 3. The van der Waals surface area contributed by atoms with Crippen molar-refractivity contribution < 1.29 is 14.2 Å². The topological polar surface area (TPSA) is 29.5 Å². The molecule has 0 radical (unpaired) electrons. The summed E-state index contributed by atoms with van der Waals surface area (Å²) in [5.41, 5.74) is 0.172. The van der Waals surface area contributed by atoms with Crippen LogP contribution in [-0.2, 0) is 0 Å². The van der Waals surface area contributed by atoms with Gasteiger partial charge in [-0.25, -0.2) is 4.39 Å². The first-order valence-corrected chi connectivity index (χ1v) is 6.78. The molecule has 0 amide bonds. The van der Waals surface area contributed by atoms with Gasteiger partial charge in [0.2, 0.25) is 0 Å². The summed E-state index contributed by atoms with van der Waals surface area (Å²) in [4.78, 5) is 0. The Hall–Kier alpha value is -2.39. The van der Waals surface area contributed by atoms with Crippen LogP contribution in [0.15, 0.2) is 60.7 Å². The monoisotopic (exact) mass is 282 g/mol. The summed E-state index contributed by atoms with van der Waals surface area (Å²) in [5.74, 6) is 0.477. The van der Waals surface area contributed by atoms with Crippen molar-refractivity contribution in [2.45, 2.75) is 13.0 Å². The number of rotatable bonds is 3. The highest BCUT2D eigenvalue weighted by molar-refractivity contribution is 5.83. The molecule has 2 nitrogen and oxygen atoms in total. The molecule has 0 spiro atoms. The molecular weight excluding hydrogens is 267 g/mol. The molecule has 3 aromatic rings. The van der Waals surface area contributed by atoms with E-state index in [0.29, 0.717) is 11.5 Å². The predicted octanol–water partition coefficient (Wildman–Crippen LogP) is 4.82. The number of aliphatic hydroxyl groups is 1. The van der Waals surface area contributed by atoms with Crippen LogP contribution in [-0.4, -0.2) is 5.11 Å². The summed E-state index contributed by atoms with van der Waals surface area (Å²) in [6.45, 7) is 1.52. The molecule has 1 atom stereocenters. The average Bonchev–Trinajstić information content (AvgIpc) is 2.47. The second-order valence-electron chi connectivity index (χ2n) is 4.94. The second kappa shape index (κ2) is 5.54. The summed E-state index contributed by atoms with van der Waals surface area (Å²) in [7, 11) is 0. The molecule has 0 unspecified atom stereocenters. The van der Waals surface area contributed by atoms with E-state index in [1.165, 1.54) is 13.0 Å². The molecule has 0 aliphatic heterocycles. The summed E-state index contributed by atoms with van der Waals surface area (Å²) in [6.07, 6.45) is -0.929. The molecule has 21 heavy (non-hydrogen) atoms. The van der Waals surface area contributed by atoms with Crippen LogP contribution in [0.5, 0.6) is 11.5 Å². The molecule has 3 rings (SSSR count). The molecule has 0 aromatic heterocycles. The number of fused-ring (bicyclic) bond motifs is 1. The van der Waals surface area contributed by atoms with Crippen LogP contribution in [0.1, 0.15) is 18.6 Å². The Morgan fingerprint density at radius 1 is 0.952 bits per heavy atom. The van der Waals surface area contributed by atoms with Crippen LogP contribution in [0.2, 0.25) is 0 Å². The number of ether oxygens (including phenoxy) is 1. The Balaban J connectivity index is 2.00. The fourth-order valence-corrected chi connectivity index (χ4v) is 2.37. The van der Waals surface area contributed by atoms with Gasteiger partial charge in [-0.15, -0.1) is 0 Å². The molecular formula is C18H15FO2. The van der Waals surface area contributed by atoms with Gasteiger partial charge in [-0.1, -0.05) is 36.4 Å². The maximum absolute atomic E-state index is 13.8. The third-order valence-corrected chi connectivity index (χ3v) is 3.38. The summed E-state index contributed by atoms with van der Waals surface area (Å²) in [5, 5.41) is 11.9. The maximum atomic E-state index is 13.8. The van der Waals surface area contributed by atoms with E-state index in [2.05, 4.69) is 0 Å². The first-order chi connectivity index (χ1) is 10.1. The van der Waals surface area contributed by atoms with E-state index >= 15 is 0 Å². The van der Waals surface area contributed by atoms with Crippen molar-refractivity contribution in [1.82, 2.24) is 0 Å². The van der Waals surface area contributed by atoms with Crippen LogP contribution in [0.3, 0.4) is 0 Å². The highest BCUT2D eigenvalue weighted by Crippen LogP contribution is 2.32. The normalized spacial score (nSPS) is 12.3. The van der Waals surface area contributed by atoms with E-state index in [4.69, 9.17) is 4.74 Å². The lowest BCUT2D eigenvalue weighted by Crippen LogP contribution is -1.99. The summed E-state index contributed by atoms with van der Waals surface area (Å²) >= 11 is 0. The van der Waals surface area contributed by atoms with Crippen molar-refractivity contribution in [2.75, 3.05) is 0 Å². The van der Waals surface area contributed by atoms with Crippen molar-refractivity contribution >= 4 is 10.8 Å². The quantitative estimate of drug-likeness (QED) is 0.746. The molecule has 1 N–H and O–H groups in total. The number of halogens is 1. The van der Waals surface area contributed by atoms with E-state index in [9.17, 15) is 9.50 Å². The van der Waals surface area contributed by atoms with Crippen LogP contribution in [0.4, 0.5) is 4.39 Å². The molecule has 106 valence electrons. The molecule has 3 aromatic carbocycles. The number of hydrogen-bond acceptors (Lipinski definition) is 2. The number of aliphatic hydroxyl groups excluding tert-OH is 1. The fourth-order valence-electron chi connectivity index (χ4n) is 2.37. The van der Waals surface area contributed by atoms with Gasteiger partial charge in [-0.2, -0.15) is 0 Å². The standard InChI is InChI=1S/C18H15FO2/c1-12(20)18-16(19)7-4-8-17(18)21-15-10-9-13-5-2-3-6-14(13)11-15/h2-12,20H,1H3/t12-/m0/s1.